The van der Waals surface area contributed by atoms with Crippen molar-refractivity contribution in [1.82, 2.24) is 5.32 Å². The molecule has 1 unspecified atom stereocenters. The van der Waals surface area contributed by atoms with E-state index in [1.165, 1.54) is 24.8 Å². The summed E-state index contributed by atoms with van der Waals surface area (Å²) in [4.78, 5) is 0. The highest BCUT2D eigenvalue weighted by molar-refractivity contribution is 5.27. The number of rotatable bonds is 9. The lowest BCUT2D eigenvalue weighted by Crippen LogP contribution is -2.32. The van der Waals surface area contributed by atoms with Gasteiger partial charge in [-0.25, -0.2) is 0 Å². The zero-order chi connectivity index (χ0) is 15.7. The highest BCUT2D eigenvalue weighted by Gasteiger charge is 2.15. The minimum atomic E-state index is 0.406. The molecule has 0 aliphatic heterocycles. The van der Waals surface area contributed by atoms with Crippen LogP contribution in [0.5, 0.6) is 5.75 Å². The summed E-state index contributed by atoms with van der Waals surface area (Å²) < 4.78 is 5.89. The Morgan fingerprint density at radius 3 is 2.57 bits per heavy atom. The summed E-state index contributed by atoms with van der Waals surface area (Å²) in [6, 6.07) is 8.85. The van der Waals surface area contributed by atoms with Crippen molar-refractivity contribution in [2.24, 2.45) is 5.41 Å². The standard InChI is InChI=1S/C19H33NO/c1-6-13-20-17(10-12-19(3,4)5)11-14-21-18-9-7-8-16(2)15-18/h7-9,15,17,20H,6,10-14H2,1-5H3. The van der Waals surface area contributed by atoms with Crippen molar-refractivity contribution in [1.29, 1.82) is 0 Å². The SMILES string of the molecule is CCCNC(CCOc1cccc(C)c1)CCC(C)(C)C. The van der Waals surface area contributed by atoms with E-state index in [9.17, 15) is 0 Å². The third kappa shape index (κ3) is 8.77. The molecule has 1 aromatic rings. The van der Waals surface area contributed by atoms with Gasteiger partial charge in [-0.15, -0.1) is 0 Å². The molecule has 0 aromatic heterocycles. The second kappa shape index (κ2) is 9.09. The molecule has 0 fully saturated rings. The van der Waals surface area contributed by atoms with E-state index in [1.807, 2.05) is 6.07 Å². The van der Waals surface area contributed by atoms with Crippen LogP contribution >= 0.6 is 0 Å². The number of benzene rings is 1. The Balaban J connectivity index is 2.37. The first-order valence-electron chi connectivity index (χ1n) is 8.33. The summed E-state index contributed by atoms with van der Waals surface area (Å²) in [6.07, 6.45) is 4.73. The summed E-state index contributed by atoms with van der Waals surface area (Å²) in [7, 11) is 0. The molecule has 0 spiro atoms. The molecule has 0 amide bonds. The van der Waals surface area contributed by atoms with Crippen molar-refractivity contribution in [3.05, 3.63) is 29.8 Å². The van der Waals surface area contributed by atoms with Crippen LogP contribution in [0.4, 0.5) is 0 Å². The molecule has 2 heteroatoms. The van der Waals surface area contributed by atoms with Crippen LogP contribution in [0.15, 0.2) is 24.3 Å². The lowest BCUT2D eigenvalue weighted by Gasteiger charge is -2.24. The Bertz CT molecular complexity index is 395. The third-order valence-electron chi connectivity index (χ3n) is 3.65. The molecule has 0 bridgehead atoms. The molecule has 1 aromatic carbocycles. The van der Waals surface area contributed by atoms with Gasteiger partial charge in [-0.2, -0.15) is 0 Å². The van der Waals surface area contributed by atoms with Crippen LogP contribution in [-0.2, 0) is 0 Å². The first kappa shape index (κ1) is 18.0. The second-order valence-corrected chi connectivity index (χ2v) is 7.20. The van der Waals surface area contributed by atoms with E-state index in [-0.39, 0.29) is 0 Å². The Kier molecular flexibility index (Phi) is 7.81. The maximum atomic E-state index is 5.89. The molecule has 1 N–H and O–H groups in total. The van der Waals surface area contributed by atoms with E-state index in [4.69, 9.17) is 4.74 Å². The van der Waals surface area contributed by atoms with Gasteiger partial charge in [0.2, 0.25) is 0 Å². The van der Waals surface area contributed by atoms with Crippen LogP contribution in [0.2, 0.25) is 0 Å². The first-order valence-corrected chi connectivity index (χ1v) is 8.33. The minimum absolute atomic E-state index is 0.406. The number of hydrogen-bond donors (Lipinski definition) is 1. The molecule has 0 radical (unpaired) electrons. The quantitative estimate of drug-likeness (QED) is 0.694. The molecular weight excluding hydrogens is 258 g/mol. The van der Waals surface area contributed by atoms with Crippen molar-refractivity contribution in [3.8, 4) is 5.75 Å². The van der Waals surface area contributed by atoms with Crippen molar-refractivity contribution < 1.29 is 4.74 Å². The van der Waals surface area contributed by atoms with E-state index < -0.39 is 0 Å². The number of aryl methyl sites for hydroxylation is 1. The maximum Gasteiger partial charge on any atom is 0.119 e. The Labute approximate surface area is 131 Å². The smallest absolute Gasteiger partial charge is 0.119 e. The van der Waals surface area contributed by atoms with E-state index in [2.05, 4.69) is 58.1 Å². The topological polar surface area (TPSA) is 21.3 Å². The van der Waals surface area contributed by atoms with Gasteiger partial charge < -0.3 is 10.1 Å². The predicted molar refractivity (Wildman–Crippen MR) is 92.1 cm³/mol. The molecule has 2 nitrogen and oxygen atoms in total. The average Bonchev–Trinajstić information content (AvgIpc) is 2.40. The van der Waals surface area contributed by atoms with Crippen molar-refractivity contribution in [2.75, 3.05) is 13.2 Å². The van der Waals surface area contributed by atoms with Crippen molar-refractivity contribution in [3.63, 3.8) is 0 Å². The summed E-state index contributed by atoms with van der Waals surface area (Å²) in [5.41, 5.74) is 1.66. The van der Waals surface area contributed by atoms with Gasteiger partial charge in [0.15, 0.2) is 0 Å². The van der Waals surface area contributed by atoms with Crippen molar-refractivity contribution >= 4 is 0 Å². The number of ether oxygens (including phenoxy) is 1. The average molecular weight is 291 g/mol. The van der Waals surface area contributed by atoms with Crippen LogP contribution in [0, 0.1) is 12.3 Å². The van der Waals surface area contributed by atoms with Gasteiger partial charge >= 0.3 is 0 Å². The zero-order valence-electron chi connectivity index (χ0n) is 14.5. The lowest BCUT2D eigenvalue weighted by atomic mass is 9.88. The molecule has 0 saturated heterocycles. The van der Waals surface area contributed by atoms with Gasteiger partial charge in [0, 0.05) is 6.04 Å². The molecule has 0 saturated carbocycles. The fourth-order valence-corrected chi connectivity index (χ4v) is 2.33. The van der Waals surface area contributed by atoms with Crippen LogP contribution in [0.1, 0.15) is 58.9 Å². The summed E-state index contributed by atoms with van der Waals surface area (Å²) in [5.74, 6) is 0.986. The Hall–Kier alpha value is -1.02. The Morgan fingerprint density at radius 1 is 1.19 bits per heavy atom. The minimum Gasteiger partial charge on any atom is -0.494 e. The zero-order valence-corrected chi connectivity index (χ0v) is 14.5. The number of nitrogens with one attached hydrogen (secondary N) is 1. The largest absolute Gasteiger partial charge is 0.494 e. The van der Waals surface area contributed by atoms with Crippen LogP contribution in [0.25, 0.3) is 0 Å². The van der Waals surface area contributed by atoms with Gasteiger partial charge in [-0.3, -0.25) is 0 Å². The fourth-order valence-electron chi connectivity index (χ4n) is 2.33. The highest BCUT2D eigenvalue weighted by atomic mass is 16.5. The molecular formula is C19H33NO. The third-order valence-corrected chi connectivity index (χ3v) is 3.65. The lowest BCUT2D eigenvalue weighted by molar-refractivity contribution is 0.262. The summed E-state index contributed by atoms with van der Waals surface area (Å²) in [6.45, 7) is 13.1. The maximum absolute atomic E-state index is 5.89. The van der Waals surface area contributed by atoms with Gasteiger partial charge in [-0.1, -0.05) is 39.8 Å². The van der Waals surface area contributed by atoms with Crippen LogP contribution in [-0.4, -0.2) is 19.2 Å². The molecule has 21 heavy (non-hydrogen) atoms. The van der Waals surface area contributed by atoms with Gasteiger partial charge in [0.05, 0.1) is 6.61 Å². The van der Waals surface area contributed by atoms with Crippen molar-refractivity contribution in [2.45, 2.75) is 66.3 Å². The van der Waals surface area contributed by atoms with E-state index >= 15 is 0 Å². The van der Waals surface area contributed by atoms with Crippen LogP contribution in [0.3, 0.4) is 0 Å². The van der Waals surface area contributed by atoms with Gasteiger partial charge in [0.25, 0.3) is 0 Å². The highest BCUT2D eigenvalue weighted by Crippen LogP contribution is 2.22. The number of hydrogen-bond acceptors (Lipinski definition) is 2. The Morgan fingerprint density at radius 2 is 1.95 bits per heavy atom. The summed E-state index contributed by atoms with van der Waals surface area (Å²) >= 11 is 0. The fraction of sp³-hybridized carbons (Fsp3) is 0.684. The van der Waals surface area contributed by atoms with E-state index in [1.54, 1.807) is 0 Å². The van der Waals surface area contributed by atoms with Gasteiger partial charge in [-0.05, 0) is 62.3 Å². The molecule has 1 rings (SSSR count). The monoisotopic (exact) mass is 291 g/mol. The molecule has 120 valence electrons. The van der Waals surface area contributed by atoms with Crippen LogP contribution < -0.4 is 10.1 Å². The first-order chi connectivity index (χ1) is 9.90. The predicted octanol–water partition coefficient (Wildman–Crippen LogP) is 4.96. The second-order valence-electron chi connectivity index (χ2n) is 7.20. The van der Waals surface area contributed by atoms with E-state index in [0.29, 0.717) is 11.5 Å². The normalized spacial score (nSPS) is 13.2. The molecule has 0 aliphatic rings. The summed E-state index contributed by atoms with van der Waals surface area (Å²) in [5, 5.41) is 3.66. The van der Waals surface area contributed by atoms with E-state index in [0.717, 1.165) is 25.3 Å². The molecule has 0 aliphatic carbocycles. The molecule has 1 atom stereocenters. The van der Waals surface area contributed by atoms with Gasteiger partial charge in [0.1, 0.15) is 5.75 Å². The molecule has 0 heterocycles.